The van der Waals surface area contributed by atoms with Gasteiger partial charge in [-0.15, -0.1) is 5.10 Å². The topological polar surface area (TPSA) is 59.7 Å². The SMILES string of the molecule is Fc1ccc(Cn2nnnc2C(c2ccccn2)N2CCC(Cc3ccccc3)CC2)cc1. The molecule has 0 N–H and O–H groups in total. The lowest BCUT2D eigenvalue weighted by molar-refractivity contribution is 0.141. The van der Waals surface area contributed by atoms with E-state index in [1.807, 2.05) is 29.1 Å². The third kappa shape index (κ3) is 5.14. The zero-order valence-corrected chi connectivity index (χ0v) is 18.5. The van der Waals surface area contributed by atoms with Crippen LogP contribution in [0.25, 0.3) is 0 Å². The molecule has 33 heavy (non-hydrogen) atoms. The first-order valence-electron chi connectivity index (χ1n) is 11.5. The Balaban J connectivity index is 1.36. The van der Waals surface area contributed by atoms with Crippen LogP contribution in [0.2, 0.25) is 0 Å². The summed E-state index contributed by atoms with van der Waals surface area (Å²) in [5.74, 6) is 1.18. The van der Waals surface area contributed by atoms with Crippen molar-refractivity contribution in [2.24, 2.45) is 5.92 Å². The molecule has 1 aliphatic heterocycles. The van der Waals surface area contributed by atoms with Crippen LogP contribution in [-0.2, 0) is 13.0 Å². The van der Waals surface area contributed by atoms with Crippen LogP contribution in [0.15, 0.2) is 79.0 Å². The number of benzene rings is 2. The first-order valence-corrected chi connectivity index (χ1v) is 11.5. The zero-order chi connectivity index (χ0) is 22.5. The highest BCUT2D eigenvalue weighted by molar-refractivity contribution is 5.21. The van der Waals surface area contributed by atoms with Gasteiger partial charge in [-0.1, -0.05) is 48.5 Å². The van der Waals surface area contributed by atoms with E-state index in [4.69, 9.17) is 0 Å². The number of nitrogens with zero attached hydrogens (tertiary/aromatic N) is 6. The number of rotatable bonds is 7. The normalized spacial score (nSPS) is 16.0. The lowest BCUT2D eigenvalue weighted by atomic mass is 9.89. The number of halogens is 1. The second-order valence-corrected chi connectivity index (χ2v) is 8.65. The second kappa shape index (κ2) is 10.0. The van der Waals surface area contributed by atoms with Crippen LogP contribution in [0.4, 0.5) is 4.39 Å². The molecular weight excluding hydrogens is 415 g/mol. The summed E-state index contributed by atoms with van der Waals surface area (Å²) in [7, 11) is 0. The minimum Gasteiger partial charge on any atom is -0.288 e. The van der Waals surface area contributed by atoms with Crippen LogP contribution >= 0.6 is 0 Å². The summed E-state index contributed by atoms with van der Waals surface area (Å²) in [4.78, 5) is 7.10. The Labute approximate surface area is 193 Å². The third-order valence-electron chi connectivity index (χ3n) is 6.40. The van der Waals surface area contributed by atoms with Crippen molar-refractivity contribution in [3.8, 4) is 0 Å². The van der Waals surface area contributed by atoms with E-state index in [1.54, 1.807) is 12.1 Å². The van der Waals surface area contributed by atoms with Crippen molar-refractivity contribution in [3.63, 3.8) is 0 Å². The summed E-state index contributed by atoms with van der Waals surface area (Å²) in [6.45, 7) is 2.40. The third-order valence-corrected chi connectivity index (χ3v) is 6.40. The molecule has 2 aromatic carbocycles. The van der Waals surface area contributed by atoms with Crippen LogP contribution in [0.1, 0.15) is 41.5 Å². The molecule has 1 aliphatic rings. The highest BCUT2D eigenvalue weighted by Crippen LogP contribution is 2.31. The fourth-order valence-corrected chi connectivity index (χ4v) is 4.67. The summed E-state index contributed by atoms with van der Waals surface area (Å²) in [6, 6.07) is 23.0. The molecular formula is C26H27FN6. The summed E-state index contributed by atoms with van der Waals surface area (Å²) in [5.41, 5.74) is 3.29. The van der Waals surface area contributed by atoms with Crippen molar-refractivity contribution in [1.29, 1.82) is 0 Å². The maximum atomic E-state index is 13.3. The Morgan fingerprint density at radius 2 is 1.64 bits per heavy atom. The van der Waals surface area contributed by atoms with Gasteiger partial charge in [0.2, 0.25) is 0 Å². The van der Waals surface area contributed by atoms with Crippen molar-refractivity contribution in [1.82, 2.24) is 30.1 Å². The van der Waals surface area contributed by atoms with Crippen LogP contribution in [0.5, 0.6) is 0 Å². The van der Waals surface area contributed by atoms with Crippen molar-refractivity contribution >= 4 is 0 Å². The summed E-state index contributed by atoms with van der Waals surface area (Å²) >= 11 is 0. The molecule has 1 fully saturated rings. The van der Waals surface area contributed by atoms with Crippen LogP contribution in [0, 0.1) is 11.7 Å². The second-order valence-electron chi connectivity index (χ2n) is 8.65. The maximum Gasteiger partial charge on any atom is 0.174 e. The van der Waals surface area contributed by atoms with Crippen molar-refractivity contribution in [2.75, 3.05) is 13.1 Å². The number of likely N-dealkylation sites (tertiary alicyclic amines) is 1. The Hall–Kier alpha value is -3.45. The highest BCUT2D eigenvalue weighted by atomic mass is 19.1. The standard InChI is InChI=1S/C26H27FN6/c27-23-11-9-22(10-12-23)19-33-26(29-30-31-33)25(24-8-4-5-15-28-24)32-16-13-21(14-17-32)18-20-6-2-1-3-7-20/h1-12,15,21,25H,13-14,16-19H2. The first kappa shape index (κ1) is 21.4. The number of tetrazole rings is 1. The molecule has 0 amide bonds. The Morgan fingerprint density at radius 1 is 0.879 bits per heavy atom. The largest absolute Gasteiger partial charge is 0.288 e. The van der Waals surface area contributed by atoms with Gasteiger partial charge >= 0.3 is 0 Å². The molecule has 5 rings (SSSR count). The minimum absolute atomic E-state index is 0.126. The Bertz CT molecular complexity index is 1140. The van der Waals surface area contributed by atoms with Gasteiger partial charge in [-0.25, -0.2) is 9.07 Å². The molecule has 4 aromatic rings. The van der Waals surface area contributed by atoms with Crippen LogP contribution < -0.4 is 0 Å². The molecule has 2 aromatic heterocycles. The van der Waals surface area contributed by atoms with Gasteiger partial charge in [0.15, 0.2) is 5.82 Å². The van der Waals surface area contributed by atoms with Crippen LogP contribution in [0.3, 0.4) is 0 Å². The average molecular weight is 443 g/mol. The van der Waals surface area contributed by atoms with E-state index >= 15 is 0 Å². The number of pyridine rings is 1. The van der Waals surface area contributed by atoms with Gasteiger partial charge in [0, 0.05) is 6.20 Å². The molecule has 1 saturated heterocycles. The fraction of sp³-hybridized carbons (Fsp3) is 0.308. The van der Waals surface area contributed by atoms with E-state index in [-0.39, 0.29) is 11.9 Å². The van der Waals surface area contributed by atoms with Crippen LogP contribution in [-0.4, -0.2) is 43.2 Å². The molecule has 0 saturated carbocycles. The average Bonchev–Trinajstić information content (AvgIpc) is 3.31. The lowest BCUT2D eigenvalue weighted by Gasteiger charge is -2.36. The number of piperidine rings is 1. The molecule has 168 valence electrons. The minimum atomic E-state index is -0.250. The van der Waals surface area contributed by atoms with Gasteiger partial charge in [0.05, 0.1) is 12.2 Å². The smallest absolute Gasteiger partial charge is 0.174 e. The molecule has 1 atom stereocenters. The fourth-order valence-electron chi connectivity index (χ4n) is 4.67. The van der Waals surface area contributed by atoms with Crippen molar-refractivity contribution in [2.45, 2.75) is 31.8 Å². The van der Waals surface area contributed by atoms with Gasteiger partial charge < -0.3 is 0 Å². The van der Waals surface area contributed by atoms with Crippen molar-refractivity contribution in [3.05, 3.63) is 107 Å². The highest BCUT2D eigenvalue weighted by Gasteiger charge is 2.32. The monoisotopic (exact) mass is 442 g/mol. The van der Waals surface area contributed by atoms with E-state index in [1.165, 1.54) is 17.7 Å². The number of hydrogen-bond donors (Lipinski definition) is 0. The van der Waals surface area contributed by atoms with Gasteiger partial charge in [-0.05, 0) is 84.1 Å². The van der Waals surface area contributed by atoms with E-state index in [9.17, 15) is 4.39 Å². The number of aromatic nitrogens is 5. The van der Waals surface area contributed by atoms with Gasteiger partial charge in [-0.2, -0.15) is 0 Å². The van der Waals surface area contributed by atoms with Gasteiger partial charge in [0.1, 0.15) is 11.9 Å². The lowest BCUT2D eigenvalue weighted by Crippen LogP contribution is -2.39. The summed E-state index contributed by atoms with van der Waals surface area (Å²) in [6.07, 6.45) is 5.18. The summed E-state index contributed by atoms with van der Waals surface area (Å²) < 4.78 is 15.2. The molecule has 7 heteroatoms. The molecule has 1 unspecified atom stereocenters. The zero-order valence-electron chi connectivity index (χ0n) is 18.5. The van der Waals surface area contributed by atoms with Gasteiger partial charge in [-0.3, -0.25) is 9.88 Å². The van der Waals surface area contributed by atoms with E-state index < -0.39 is 0 Å². The molecule has 3 heterocycles. The molecule has 0 radical (unpaired) electrons. The predicted octanol–water partition coefficient (Wildman–Crippen LogP) is 4.30. The molecule has 0 bridgehead atoms. The predicted molar refractivity (Wildman–Crippen MR) is 124 cm³/mol. The molecule has 6 nitrogen and oxygen atoms in total. The first-order chi connectivity index (χ1) is 16.3. The molecule has 0 aliphatic carbocycles. The maximum absolute atomic E-state index is 13.3. The van der Waals surface area contributed by atoms with Crippen molar-refractivity contribution < 1.29 is 4.39 Å². The Morgan fingerprint density at radius 3 is 2.36 bits per heavy atom. The van der Waals surface area contributed by atoms with E-state index in [2.05, 4.69) is 55.7 Å². The summed E-state index contributed by atoms with van der Waals surface area (Å²) in [5, 5.41) is 12.7. The van der Waals surface area contributed by atoms with Gasteiger partial charge in [0.25, 0.3) is 0 Å². The number of hydrogen-bond acceptors (Lipinski definition) is 5. The molecule has 0 spiro atoms. The Kier molecular flexibility index (Phi) is 6.48. The van der Waals surface area contributed by atoms with E-state index in [0.717, 1.165) is 49.4 Å². The van der Waals surface area contributed by atoms with E-state index in [0.29, 0.717) is 12.5 Å². The quantitative estimate of drug-likeness (QED) is 0.427.